The van der Waals surface area contributed by atoms with Gasteiger partial charge in [-0.3, -0.25) is 0 Å². The average molecular weight is 258 g/mol. The van der Waals surface area contributed by atoms with Gasteiger partial charge in [0, 0.05) is 18.9 Å². The number of anilines is 1. The molecule has 1 atom stereocenters. The van der Waals surface area contributed by atoms with Crippen LogP contribution in [0.15, 0.2) is 36.4 Å². The summed E-state index contributed by atoms with van der Waals surface area (Å²) in [6, 6.07) is 11.7. The first kappa shape index (κ1) is 13.5. The van der Waals surface area contributed by atoms with E-state index in [1.807, 2.05) is 43.3 Å². The Balaban J connectivity index is 2.43. The van der Waals surface area contributed by atoms with E-state index in [0.717, 1.165) is 17.7 Å². The molecule has 1 heterocycles. The van der Waals surface area contributed by atoms with Crippen LogP contribution in [0.5, 0.6) is 0 Å². The van der Waals surface area contributed by atoms with Crippen LogP contribution >= 0.6 is 0 Å². The molecule has 2 aromatic rings. The Kier molecular flexibility index (Phi) is 4.43. The van der Waals surface area contributed by atoms with Crippen molar-refractivity contribution >= 4 is 5.82 Å². The number of nitrogens with one attached hydrogen (secondary N) is 1. The zero-order chi connectivity index (χ0) is 13.7. The number of nitrogens with two attached hydrogens (primary N) is 1. The third kappa shape index (κ3) is 3.07. The number of benzene rings is 1. The molecule has 0 aliphatic rings. The van der Waals surface area contributed by atoms with Crippen molar-refractivity contribution in [1.29, 1.82) is 0 Å². The number of rotatable bonds is 5. The predicted octanol–water partition coefficient (Wildman–Crippen LogP) is 2.06. The molecule has 5 nitrogen and oxygen atoms in total. The standard InChI is InChI=1S/C14H18N4O/c1-3-11-9-12(18-15)17-14(16-11)13(19-2)10-7-5-4-6-8-10/h4-9,13H,3,15H2,1-2H3,(H,16,17,18). The smallest absolute Gasteiger partial charge is 0.164 e. The number of hydrogen-bond donors (Lipinski definition) is 2. The number of aromatic nitrogens is 2. The number of ether oxygens (including phenoxy) is 1. The van der Waals surface area contributed by atoms with Crippen LogP contribution in [0.3, 0.4) is 0 Å². The van der Waals surface area contributed by atoms with Crippen LogP contribution in [-0.2, 0) is 11.2 Å². The van der Waals surface area contributed by atoms with E-state index in [9.17, 15) is 0 Å². The lowest BCUT2D eigenvalue weighted by molar-refractivity contribution is 0.129. The van der Waals surface area contributed by atoms with Gasteiger partial charge in [0.2, 0.25) is 0 Å². The van der Waals surface area contributed by atoms with E-state index < -0.39 is 0 Å². The fourth-order valence-electron chi connectivity index (χ4n) is 1.91. The number of methoxy groups -OCH3 is 1. The number of hydrogen-bond acceptors (Lipinski definition) is 5. The molecule has 1 aromatic heterocycles. The van der Waals surface area contributed by atoms with E-state index in [-0.39, 0.29) is 6.10 Å². The lowest BCUT2D eigenvalue weighted by Gasteiger charge is -2.16. The Hall–Kier alpha value is -1.98. The first-order valence-corrected chi connectivity index (χ1v) is 6.20. The van der Waals surface area contributed by atoms with Gasteiger partial charge in [-0.05, 0) is 12.0 Å². The van der Waals surface area contributed by atoms with Crippen molar-refractivity contribution in [2.24, 2.45) is 5.84 Å². The fourth-order valence-corrected chi connectivity index (χ4v) is 1.91. The predicted molar refractivity (Wildman–Crippen MR) is 74.5 cm³/mol. The summed E-state index contributed by atoms with van der Waals surface area (Å²) in [7, 11) is 1.65. The van der Waals surface area contributed by atoms with Gasteiger partial charge in [-0.2, -0.15) is 0 Å². The van der Waals surface area contributed by atoms with Crippen LogP contribution < -0.4 is 11.3 Å². The third-order valence-electron chi connectivity index (χ3n) is 2.88. The van der Waals surface area contributed by atoms with Gasteiger partial charge in [-0.15, -0.1) is 0 Å². The molecule has 0 saturated heterocycles. The molecule has 0 aliphatic heterocycles. The zero-order valence-corrected chi connectivity index (χ0v) is 11.1. The SMILES string of the molecule is CCc1cc(NN)nc(C(OC)c2ccccc2)n1. The van der Waals surface area contributed by atoms with Crippen LogP contribution in [0.1, 0.15) is 30.1 Å². The molecular formula is C14H18N4O. The van der Waals surface area contributed by atoms with Gasteiger partial charge in [-0.1, -0.05) is 37.3 Å². The third-order valence-corrected chi connectivity index (χ3v) is 2.88. The topological polar surface area (TPSA) is 73.1 Å². The summed E-state index contributed by atoms with van der Waals surface area (Å²) >= 11 is 0. The van der Waals surface area contributed by atoms with Gasteiger partial charge in [0.25, 0.3) is 0 Å². The second-order valence-electron chi connectivity index (χ2n) is 4.13. The Bertz CT molecular complexity index is 508. The molecule has 0 saturated carbocycles. The van der Waals surface area contributed by atoms with Crippen LogP contribution in [-0.4, -0.2) is 17.1 Å². The molecule has 2 rings (SSSR count). The molecule has 100 valence electrons. The second kappa shape index (κ2) is 6.26. The monoisotopic (exact) mass is 258 g/mol. The van der Waals surface area contributed by atoms with Crippen LogP contribution in [0.2, 0.25) is 0 Å². The molecule has 0 amide bonds. The average Bonchev–Trinajstić information content (AvgIpc) is 2.48. The maximum Gasteiger partial charge on any atom is 0.164 e. The maximum absolute atomic E-state index is 5.53. The van der Waals surface area contributed by atoms with E-state index in [1.54, 1.807) is 7.11 Å². The molecule has 3 N–H and O–H groups in total. The zero-order valence-electron chi connectivity index (χ0n) is 11.1. The molecule has 1 aromatic carbocycles. The van der Waals surface area contributed by atoms with Crippen molar-refractivity contribution in [3.63, 3.8) is 0 Å². The minimum atomic E-state index is -0.292. The molecule has 0 aliphatic carbocycles. The molecule has 5 heteroatoms. The quantitative estimate of drug-likeness (QED) is 0.634. The van der Waals surface area contributed by atoms with Crippen molar-refractivity contribution in [2.45, 2.75) is 19.4 Å². The van der Waals surface area contributed by atoms with E-state index in [0.29, 0.717) is 11.6 Å². The minimum Gasteiger partial charge on any atom is -0.369 e. The fraction of sp³-hybridized carbons (Fsp3) is 0.286. The lowest BCUT2D eigenvalue weighted by Crippen LogP contribution is -2.15. The van der Waals surface area contributed by atoms with E-state index in [2.05, 4.69) is 15.4 Å². The summed E-state index contributed by atoms with van der Waals surface area (Å²) in [6.45, 7) is 2.04. The van der Waals surface area contributed by atoms with Gasteiger partial charge in [0.1, 0.15) is 11.9 Å². The number of nitrogens with zero attached hydrogens (tertiary/aromatic N) is 2. The summed E-state index contributed by atoms with van der Waals surface area (Å²) in [5.74, 6) is 6.65. The van der Waals surface area contributed by atoms with Gasteiger partial charge in [0.15, 0.2) is 5.82 Å². The van der Waals surface area contributed by atoms with Gasteiger partial charge in [-0.25, -0.2) is 15.8 Å². The van der Waals surface area contributed by atoms with Crippen LogP contribution in [0.4, 0.5) is 5.82 Å². The van der Waals surface area contributed by atoms with Gasteiger partial charge < -0.3 is 10.2 Å². The Morgan fingerprint density at radius 1 is 1.26 bits per heavy atom. The first-order chi connectivity index (χ1) is 9.28. The van der Waals surface area contributed by atoms with Crippen molar-refractivity contribution in [2.75, 3.05) is 12.5 Å². The van der Waals surface area contributed by atoms with Gasteiger partial charge >= 0.3 is 0 Å². The highest BCUT2D eigenvalue weighted by molar-refractivity contribution is 5.36. The first-order valence-electron chi connectivity index (χ1n) is 6.20. The number of aryl methyl sites for hydroxylation is 1. The molecule has 1 unspecified atom stereocenters. The highest BCUT2D eigenvalue weighted by Crippen LogP contribution is 2.23. The van der Waals surface area contributed by atoms with E-state index >= 15 is 0 Å². The largest absolute Gasteiger partial charge is 0.369 e. The highest BCUT2D eigenvalue weighted by Gasteiger charge is 2.17. The van der Waals surface area contributed by atoms with Gasteiger partial charge in [0.05, 0.1) is 0 Å². The second-order valence-corrected chi connectivity index (χ2v) is 4.13. The summed E-state index contributed by atoms with van der Waals surface area (Å²) in [5.41, 5.74) is 4.51. The molecule has 19 heavy (non-hydrogen) atoms. The summed E-state index contributed by atoms with van der Waals surface area (Å²) in [4.78, 5) is 8.89. The molecule has 0 radical (unpaired) electrons. The maximum atomic E-state index is 5.53. The van der Waals surface area contributed by atoms with Crippen molar-refractivity contribution in [3.8, 4) is 0 Å². The lowest BCUT2D eigenvalue weighted by atomic mass is 10.1. The van der Waals surface area contributed by atoms with Crippen molar-refractivity contribution in [1.82, 2.24) is 9.97 Å². The van der Waals surface area contributed by atoms with Crippen LogP contribution in [0, 0.1) is 0 Å². The summed E-state index contributed by atoms with van der Waals surface area (Å²) in [5, 5.41) is 0. The summed E-state index contributed by atoms with van der Waals surface area (Å²) < 4.78 is 5.53. The van der Waals surface area contributed by atoms with Crippen LogP contribution in [0.25, 0.3) is 0 Å². The van der Waals surface area contributed by atoms with E-state index in [1.165, 1.54) is 0 Å². The van der Waals surface area contributed by atoms with E-state index in [4.69, 9.17) is 10.6 Å². The Morgan fingerprint density at radius 2 is 2.00 bits per heavy atom. The van der Waals surface area contributed by atoms with Crippen molar-refractivity contribution in [3.05, 3.63) is 53.5 Å². The summed E-state index contributed by atoms with van der Waals surface area (Å²) in [6.07, 6.45) is 0.523. The number of hydrazine groups is 1. The normalized spacial score (nSPS) is 12.2. The van der Waals surface area contributed by atoms with Crippen molar-refractivity contribution < 1.29 is 4.74 Å². The number of nitrogen functional groups attached to an aromatic ring is 1. The Morgan fingerprint density at radius 3 is 2.58 bits per heavy atom. The molecule has 0 bridgehead atoms. The molecule has 0 spiro atoms. The minimum absolute atomic E-state index is 0.292. The Labute approximate surface area is 112 Å². The molecule has 0 fully saturated rings. The molecular weight excluding hydrogens is 240 g/mol. The highest BCUT2D eigenvalue weighted by atomic mass is 16.5.